The Bertz CT molecular complexity index is 378. The number of carbonyl (C=O) groups excluding carboxylic acids is 1. The van der Waals surface area contributed by atoms with Gasteiger partial charge in [-0.05, 0) is 19.1 Å². The van der Waals surface area contributed by atoms with E-state index >= 15 is 0 Å². The van der Waals surface area contributed by atoms with Crippen LogP contribution in [0.1, 0.15) is 13.3 Å². The molecule has 0 saturated carbocycles. The first-order valence-corrected chi connectivity index (χ1v) is 4.89. The number of nitrogens with one attached hydrogen (secondary N) is 2. The van der Waals surface area contributed by atoms with E-state index in [-0.39, 0.29) is 11.9 Å². The predicted octanol–water partition coefficient (Wildman–Crippen LogP) is 2.48. The SMILES string of the molecule is C[C@@H]1CC(=O)Nc2cccc(Cl)c2N1. The minimum Gasteiger partial charge on any atom is -0.379 e. The zero-order valence-corrected chi connectivity index (χ0v) is 8.56. The summed E-state index contributed by atoms with van der Waals surface area (Å²) >= 11 is 6.01. The molecule has 74 valence electrons. The molecule has 2 N–H and O–H groups in total. The molecular weight excluding hydrogens is 200 g/mol. The Hall–Kier alpha value is -1.22. The molecule has 14 heavy (non-hydrogen) atoms. The van der Waals surface area contributed by atoms with E-state index in [0.29, 0.717) is 11.4 Å². The van der Waals surface area contributed by atoms with Crippen LogP contribution < -0.4 is 10.6 Å². The zero-order valence-electron chi connectivity index (χ0n) is 7.80. The summed E-state index contributed by atoms with van der Waals surface area (Å²) < 4.78 is 0. The number of halogens is 1. The molecule has 0 radical (unpaired) electrons. The van der Waals surface area contributed by atoms with Gasteiger partial charge in [0.05, 0.1) is 16.4 Å². The third-order valence-electron chi connectivity index (χ3n) is 2.17. The Labute approximate surface area is 87.4 Å². The van der Waals surface area contributed by atoms with Crippen LogP contribution in [0.3, 0.4) is 0 Å². The molecule has 1 atom stereocenters. The van der Waals surface area contributed by atoms with E-state index in [0.717, 1.165) is 11.4 Å². The molecule has 0 unspecified atom stereocenters. The standard InChI is InChI=1S/C10H11ClN2O/c1-6-5-9(14)13-8-4-2-3-7(11)10(8)12-6/h2-4,6,12H,5H2,1H3,(H,13,14)/t6-/m1/s1. The van der Waals surface area contributed by atoms with E-state index < -0.39 is 0 Å². The molecule has 1 amide bonds. The smallest absolute Gasteiger partial charge is 0.226 e. The van der Waals surface area contributed by atoms with Gasteiger partial charge in [0, 0.05) is 12.5 Å². The van der Waals surface area contributed by atoms with Gasteiger partial charge in [0.25, 0.3) is 0 Å². The topological polar surface area (TPSA) is 41.1 Å². The maximum Gasteiger partial charge on any atom is 0.226 e. The van der Waals surface area contributed by atoms with Gasteiger partial charge in [0.1, 0.15) is 0 Å². The van der Waals surface area contributed by atoms with Crippen LogP contribution in [0.2, 0.25) is 5.02 Å². The van der Waals surface area contributed by atoms with E-state index in [1.54, 1.807) is 6.07 Å². The Morgan fingerprint density at radius 1 is 1.50 bits per heavy atom. The maximum atomic E-state index is 11.4. The van der Waals surface area contributed by atoms with Gasteiger partial charge in [-0.1, -0.05) is 17.7 Å². The third kappa shape index (κ3) is 1.68. The van der Waals surface area contributed by atoms with Crippen LogP contribution in [0.25, 0.3) is 0 Å². The lowest BCUT2D eigenvalue weighted by Gasteiger charge is -2.12. The molecule has 0 spiro atoms. The highest BCUT2D eigenvalue weighted by Gasteiger charge is 2.18. The number of para-hydroxylation sites is 1. The monoisotopic (exact) mass is 210 g/mol. The first-order chi connectivity index (χ1) is 6.66. The van der Waals surface area contributed by atoms with Crippen molar-refractivity contribution in [2.45, 2.75) is 19.4 Å². The van der Waals surface area contributed by atoms with Crippen molar-refractivity contribution >= 4 is 28.9 Å². The molecule has 1 aliphatic heterocycles. The predicted molar refractivity (Wildman–Crippen MR) is 57.8 cm³/mol. The molecule has 3 nitrogen and oxygen atoms in total. The van der Waals surface area contributed by atoms with Crippen molar-refractivity contribution in [3.63, 3.8) is 0 Å². The highest BCUT2D eigenvalue weighted by Crippen LogP contribution is 2.32. The maximum absolute atomic E-state index is 11.4. The molecule has 0 saturated heterocycles. The summed E-state index contributed by atoms with van der Waals surface area (Å²) in [5.74, 6) is 0.0195. The normalized spacial score (nSPS) is 20.4. The van der Waals surface area contributed by atoms with E-state index in [2.05, 4.69) is 10.6 Å². The van der Waals surface area contributed by atoms with Crippen LogP contribution >= 0.6 is 11.6 Å². The summed E-state index contributed by atoms with van der Waals surface area (Å²) in [5.41, 5.74) is 1.57. The molecular formula is C10H11ClN2O. The van der Waals surface area contributed by atoms with E-state index in [1.165, 1.54) is 0 Å². The highest BCUT2D eigenvalue weighted by molar-refractivity contribution is 6.34. The Morgan fingerprint density at radius 2 is 2.29 bits per heavy atom. The number of fused-ring (bicyclic) bond motifs is 1. The van der Waals surface area contributed by atoms with Gasteiger partial charge in [-0.15, -0.1) is 0 Å². The highest BCUT2D eigenvalue weighted by atomic mass is 35.5. The fraction of sp³-hybridized carbons (Fsp3) is 0.300. The minimum atomic E-state index is 0.0195. The summed E-state index contributed by atoms with van der Waals surface area (Å²) in [6.07, 6.45) is 0.463. The fourth-order valence-corrected chi connectivity index (χ4v) is 1.78. The molecule has 0 aliphatic carbocycles. The molecule has 2 rings (SSSR count). The number of hydrogen-bond acceptors (Lipinski definition) is 2. The van der Waals surface area contributed by atoms with Crippen molar-refractivity contribution in [2.24, 2.45) is 0 Å². The molecule has 0 fully saturated rings. The van der Waals surface area contributed by atoms with Crippen molar-refractivity contribution in [3.05, 3.63) is 23.2 Å². The molecule has 1 aromatic rings. The van der Waals surface area contributed by atoms with Crippen LogP contribution in [0.5, 0.6) is 0 Å². The van der Waals surface area contributed by atoms with Crippen LogP contribution in [0.15, 0.2) is 18.2 Å². The number of anilines is 2. The van der Waals surface area contributed by atoms with Crippen LogP contribution in [0, 0.1) is 0 Å². The summed E-state index contributed by atoms with van der Waals surface area (Å²) in [6.45, 7) is 1.96. The number of hydrogen-bond donors (Lipinski definition) is 2. The number of rotatable bonds is 0. The van der Waals surface area contributed by atoms with Crippen LogP contribution in [-0.4, -0.2) is 11.9 Å². The molecule has 1 heterocycles. The minimum absolute atomic E-state index is 0.0195. The average Bonchev–Trinajstić information content (AvgIpc) is 2.23. The first-order valence-electron chi connectivity index (χ1n) is 4.51. The zero-order chi connectivity index (χ0) is 10.1. The van der Waals surface area contributed by atoms with Gasteiger partial charge in [-0.2, -0.15) is 0 Å². The van der Waals surface area contributed by atoms with Crippen LogP contribution in [0.4, 0.5) is 11.4 Å². The lowest BCUT2D eigenvalue weighted by atomic mass is 10.2. The molecule has 1 aromatic carbocycles. The molecule has 0 aromatic heterocycles. The lowest BCUT2D eigenvalue weighted by molar-refractivity contribution is -0.116. The Morgan fingerprint density at radius 3 is 3.07 bits per heavy atom. The fourth-order valence-electron chi connectivity index (χ4n) is 1.55. The second-order valence-electron chi connectivity index (χ2n) is 3.46. The Balaban J connectivity index is 2.46. The van der Waals surface area contributed by atoms with Gasteiger partial charge in [0.15, 0.2) is 0 Å². The average molecular weight is 211 g/mol. The number of benzene rings is 1. The summed E-state index contributed by atoms with van der Waals surface area (Å²) in [6, 6.07) is 5.57. The number of amides is 1. The van der Waals surface area contributed by atoms with E-state index in [4.69, 9.17) is 11.6 Å². The van der Waals surface area contributed by atoms with Crippen molar-refractivity contribution in [2.75, 3.05) is 10.6 Å². The largest absolute Gasteiger partial charge is 0.379 e. The summed E-state index contributed by atoms with van der Waals surface area (Å²) in [4.78, 5) is 11.4. The van der Waals surface area contributed by atoms with E-state index in [9.17, 15) is 4.79 Å². The van der Waals surface area contributed by atoms with Crippen molar-refractivity contribution in [1.29, 1.82) is 0 Å². The Kier molecular flexibility index (Phi) is 2.33. The summed E-state index contributed by atoms with van der Waals surface area (Å²) in [5, 5.41) is 6.65. The van der Waals surface area contributed by atoms with Gasteiger partial charge in [0.2, 0.25) is 5.91 Å². The quantitative estimate of drug-likeness (QED) is 0.691. The second kappa shape index (κ2) is 3.50. The molecule has 1 aliphatic rings. The summed E-state index contributed by atoms with van der Waals surface area (Å²) in [7, 11) is 0. The van der Waals surface area contributed by atoms with Gasteiger partial charge < -0.3 is 10.6 Å². The van der Waals surface area contributed by atoms with Gasteiger partial charge >= 0.3 is 0 Å². The lowest BCUT2D eigenvalue weighted by Crippen LogP contribution is -2.18. The van der Waals surface area contributed by atoms with Gasteiger partial charge in [-0.3, -0.25) is 4.79 Å². The molecule has 0 bridgehead atoms. The van der Waals surface area contributed by atoms with Crippen molar-refractivity contribution in [1.82, 2.24) is 0 Å². The van der Waals surface area contributed by atoms with Crippen LogP contribution in [-0.2, 0) is 4.79 Å². The number of carbonyl (C=O) groups is 1. The van der Waals surface area contributed by atoms with E-state index in [1.807, 2.05) is 19.1 Å². The molecule has 4 heteroatoms. The third-order valence-corrected chi connectivity index (χ3v) is 2.48. The first kappa shape index (κ1) is 9.34. The van der Waals surface area contributed by atoms with Gasteiger partial charge in [-0.25, -0.2) is 0 Å². The van der Waals surface area contributed by atoms with Crippen molar-refractivity contribution < 1.29 is 4.79 Å². The van der Waals surface area contributed by atoms with Crippen molar-refractivity contribution in [3.8, 4) is 0 Å². The second-order valence-corrected chi connectivity index (χ2v) is 3.87.